The third-order valence-electron chi connectivity index (χ3n) is 3.39. The smallest absolute Gasteiger partial charge is 0.328 e. The van der Waals surface area contributed by atoms with E-state index >= 15 is 0 Å². The first-order valence-corrected chi connectivity index (χ1v) is 7.80. The van der Waals surface area contributed by atoms with Crippen LogP contribution in [0.2, 0.25) is 0 Å². The Labute approximate surface area is 118 Å². The highest BCUT2D eigenvalue weighted by Gasteiger charge is 2.28. The maximum absolute atomic E-state index is 10.6. The molecule has 1 heterocycles. The Balaban J connectivity index is 2.00. The number of hydrogen-bond donors (Lipinski definition) is 1. The van der Waals surface area contributed by atoms with Crippen LogP contribution in [0.3, 0.4) is 0 Å². The van der Waals surface area contributed by atoms with Gasteiger partial charge in [-0.25, -0.2) is 4.79 Å². The van der Waals surface area contributed by atoms with Gasteiger partial charge < -0.3 is 5.11 Å². The molecular weight excluding hydrogens is 258 g/mol. The molecule has 0 aromatic carbocycles. The number of rotatable bonds is 8. The van der Waals surface area contributed by atoms with Crippen molar-refractivity contribution in [3.63, 3.8) is 0 Å². The molecule has 0 atom stereocenters. The second-order valence-corrected chi connectivity index (χ2v) is 6.03. The Morgan fingerprint density at radius 3 is 3.00 bits per heavy atom. The first kappa shape index (κ1) is 14.3. The van der Waals surface area contributed by atoms with E-state index in [0.29, 0.717) is 0 Å². The fourth-order valence-electron chi connectivity index (χ4n) is 2.16. The average molecular weight is 279 g/mol. The molecule has 1 aromatic heterocycles. The van der Waals surface area contributed by atoms with Crippen LogP contribution in [0.4, 0.5) is 0 Å². The van der Waals surface area contributed by atoms with Gasteiger partial charge in [0.2, 0.25) is 0 Å². The zero-order valence-corrected chi connectivity index (χ0v) is 12.2. The minimum atomic E-state index is -0.887. The average Bonchev–Trinajstić information content (AvgIpc) is 3.13. The standard InChI is InChI=1S/C15H21NO2S/c1-2-3-9-16(13-5-6-13)11-14-12(8-10-19-14)4-7-15(17)18/h4,7-8,10,13H,2-3,5-6,9,11H2,1H3,(H,17,18)/b7-4+. The van der Waals surface area contributed by atoms with Crippen molar-refractivity contribution < 1.29 is 9.90 Å². The SMILES string of the molecule is CCCCN(Cc1sccc1/C=C/C(=O)O)C1CC1. The fraction of sp³-hybridized carbons (Fsp3) is 0.533. The third-order valence-corrected chi connectivity index (χ3v) is 4.32. The number of unbranched alkanes of at least 4 members (excludes halogenated alkanes) is 1. The summed E-state index contributed by atoms with van der Waals surface area (Å²) in [6.45, 7) is 4.33. The molecule has 1 N–H and O–H groups in total. The predicted molar refractivity (Wildman–Crippen MR) is 79.3 cm³/mol. The first-order chi connectivity index (χ1) is 9.20. The van der Waals surface area contributed by atoms with Crippen LogP contribution >= 0.6 is 11.3 Å². The van der Waals surface area contributed by atoms with E-state index in [1.54, 1.807) is 17.4 Å². The molecule has 0 aliphatic heterocycles. The van der Waals surface area contributed by atoms with Crippen LogP contribution in [0.25, 0.3) is 6.08 Å². The summed E-state index contributed by atoms with van der Waals surface area (Å²) in [7, 11) is 0. The van der Waals surface area contributed by atoms with Gasteiger partial charge in [0.05, 0.1) is 0 Å². The van der Waals surface area contributed by atoms with E-state index in [-0.39, 0.29) is 0 Å². The van der Waals surface area contributed by atoms with Gasteiger partial charge in [0.25, 0.3) is 0 Å². The monoisotopic (exact) mass is 279 g/mol. The molecule has 19 heavy (non-hydrogen) atoms. The molecular formula is C15H21NO2S. The van der Waals surface area contributed by atoms with E-state index in [9.17, 15) is 4.79 Å². The predicted octanol–water partition coefficient (Wildman–Crippen LogP) is 3.61. The van der Waals surface area contributed by atoms with E-state index in [1.165, 1.54) is 36.6 Å². The Bertz CT molecular complexity index is 449. The maximum atomic E-state index is 10.6. The third kappa shape index (κ3) is 4.48. The quantitative estimate of drug-likeness (QED) is 0.739. The molecule has 1 saturated carbocycles. The Hall–Kier alpha value is -1.13. The minimum Gasteiger partial charge on any atom is -0.478 e. The molecule has 0 spiro atoms. The second-order valence-electron chi connectivity index (χ2n) is 5.03. The highest BCUT2D eigenvalue weighted by Crippen LogP contribution is 2.30. The highest BCUT2D eigenvalue weighted by atomic mass is 32.1. The van der Waals surface area contributed by atoms with Crippen molar-refractivity contribution in [1.82, 2.24) is 4.90 Å². The Morgan fingerprint density at radius 2 is 2.37 bits per heavy atom. The molecule has 0 saturated heterocycles. The lowest BCUT2D eigenvalue weighted by Gasteiger charge is -2.21. The molecule has 0 radical (unpaired) electrons. The summed E-state index contributed by atoms with van der Waals surface area (Å²) in [5, 5.41) is 10.7. The highest BCUT2D eigenvalue weighted by molar-refractivity contribution is 7.10. The zero-order chi connectivity index (χ0) is 13.7. The normalized spacial score (nSPS) is 15.5. The summed E-state index contributed by atoms with van der Waals surface area (Å²) in [5.41, 5.74) is 1.05. The molecule has 1 fully saturated rings. The number of carboxylic acid groups (broad SMARTS) is 1. The van der Waals surface area contributed by atoms with Crippen molar-refractivity contribution in [2.75, 3.05) is 6.54 Å². The van der Waals surface area contributed by atoms with Crippen LogP contribution in [-0.2, 0) is 11.3 Å². The van der Waals surface area contributed by atoms with Gasteiger partial charge >= 0.3 is 5.97 Å². The van der Waals surface area contributed by atoms with Crippen molar-refractivity contribution in [1.29, 1.82) is 0 Å². The number of thiophene rings is 1. The van der Waals surface area contributed by atoms with Crippen LogP contribution in [0.1, 0.15) is 43.0 Å². The van der Waals surface area contributed by atoms with Gasteiger partial charge in [-0.3, -0.25) is 4.90 Å². The zero-order valence-electron chi connectivity index (χ0n) is 11.3. The Kier molecular flexibility index (Phi) is 5.16. The number of carboxylic acids is 1. The largest absolute Gasteiger partial charge is 0.478 e. The molecule has 1 aliphatic carbocycles. The second kappa shape index (κ2) is 6.87. The van der Waals surface area contributed by atoms with E-state index < -0.39 is 5.97 Å². The summed E-state index contributed by atoms with van der Waals surface area (Å²) in [5.74, 6) is -0.887. The van der Waals surface area contributed by atoms with Crippen LogP contribution in [-0.4, -0.2) is 28.6 Å². The summed E-state index contributed by atoms with van der Waals surface area (Å²) >= 11 is 1.72. The van der Waals surface area contributed by atoms with Crippen LogP contribution in [0.5, 0.6) is 0 Å². The van der Waals surface area contributed by atoms with Gasteiger partial charge in [-0.2, -0.15) is 0 Å². The summed E-state index contributed by atoms with van der Waals surface area (Å²) in [6.07, 6.45) is 8.02. The molecule has 104 valence electrons. The van der Waals surface area contributed by atoms with Crippen molar-refractivity contribution in [3.8, 4) is 0 Å². The topological polar surface area (TPSA) is 40.5 Å². The van der Waals surface area contributed by atoms with Crippen molar-refractivity contribution in [3.05, 3.63) is 28.0 Å². The number of hydrogen-bond acceptors (Lipinski definition) is 3. The number of nitrogens with zero attached hydrogens (tertiary/aromatic N) is 1. The number of carbonyl (C=O) groups is 1. The lowest BCUT2D eigenvalue weighted by molar-refractivity contribution is -0.131. The Morgan fingerprint density at radius 1 is 1.58 bits per heavy atom. The van der Waals surface area contributed by atoms with Crippen LogP contribution in [0.15, 0.2) is 17.5 Å². The van der Waals surface area contributed by atoms with E-state index in [2.05, 4.69) is 11.8 Å². The lowest BCUT2D eigenvalue weighted by atomic mass is 10.2. The van der Waals surface area contributed by atoms with Crippen molar-refractivity contribution >= 4 is 23.4 Å². The molecule has 0 amide bonds. The molecule has 3 nitrogen and oxygen atoms in total. The summed E-state index contributed by atoms with van der Waals surface area (Å²) in [4.78, 5) is 14.4. The van der Waals surface area contributed by atoms with E-state index in [4.69, 9.17) is 5.11 Å². The molecule has 1 aromatic rings. The molecule has 1 aliphatic rings. The van der Waals surface area contributed by atoms with Crippen molar-refractivity contribution in [2.45, 2.75) is 45.2 Å². The molecule has 2 rings (SSSR count). The molecule has 0 unspecified atom stereocenters. The number of aliphatic carboxylic acids is 1. The van der Waals surface area contributed by atoms with E-state index in [0.717, 1.165) is 24.7 Å². The minimum absolute atomic E-state index is 0.755. The molecule has 4 heteroatoms. The summed E-state index contributed by atoms with van der Waals surface area (Å²) in [6, 6.07) is 2.76. The van der Waals surface area contributed by atoms with E-state index in [1.807, 2.05) is 11.4 Å². The van der Waals surface area contributed by atoms with Crippen LogP contribution < -0.4 is 0 Å². The van der Waals surface area contributed by atoms with Gasteiger partial charge in [-0.05, 0) is 48.9 Å². The molecule has 0 bridgehead atoms. The van der Waals surface area contributed by atoms with Gasteiger partial charge in [0.1, 0.15) is 0 Å². The fourth-order valence-corrected chi connectivity index (χ4v) is 3.06. The maximum Gasteiger partial charge on any atom is 0.328 e. The van der Waals surface area contributed by atoms with Gasteiger partial charge in [-0.15, -0.1) is 11.3 Å². The van der Waals surface area contributed by atoms with Crippen LogP contribution in [0, 0.1) is 0 Å². The first-order valence-electron chi connectivity index (χ1n) is 6.92. The van der Waals surface area contributed by atoms with Crippen molar-refractivity contribution in [2.24, 2.45) is 0 Å². The lowest BCUT2D eigenvalue weighted by Crippen LogP contribution is -2.26. The van der Waals surface area contributed by atoms with Gasteiger partial charge in [0, 0.05) is 23.5 Å². The van der Waals surface area contributed by atoms with Gasteiger partial charge in [0.15, 0.2) is 0 Å². The van der Waals surface area contributed by atoms with Gasteiger partial charge in [-0.1, -0.05) is 13.3 Å². The summed E-state index contributed by atoms with van der Waals surface area (Å²) < 4.78 is 0.